The van der Waals surface area contributed by atoms with Crippen molar-refractivity contribution in [1.29, 1.82) is 5.26 Å². The normalized spacial score (nSPS) is 13.9. The lowest BCUT2D eigenvalue weighted by Crippen LogP contribution is -2.38. The molecule has 0 bridgehead atoms. The van der Waals surface area contributed by atoms with Gasteiger partial charge in [-0.05, 0) is 74.7 Å². The highest BCUT2D eigenvalue weighted by molar-refractivity contribution is 6.04. The third kappa shape index (κ3) is 5.66. The number of ether oxygens (including phenoxy) is 1. The maximum Gasteiger partial charge on any atom is 0.320 e. The summed E-state index contributed by atoms with van der Waals surface area (Å²) < 4.78 is 5.41. The molecule has 6 nitrogen and oxygen atoms in total. The fourth-order valence-corrected chi connectivity index (χ4v) is 3.28. The zero-order valence-electron chi connectivity index (χ0n) is 17.0. The maximum absolute atomic E-state index is 12.6. The fraction of sp³-hybridized carbons (Fsp3) is 0.348. The van der Waals surface area contributed by atoms with Crippen LogP contribution in [0.4, 0.5) is 5.69 Å². The van der Waals surface area contributed by atoms with Crippen LogP contribution in [0.25, 0.3) is 0 Å². The number of rotatable bonds is 4. The quantitative estimate of drug-likeness (QED) is 0.807. The lowest BCUT2D eigenvalue weighted by atomic mass is 9.97. The van der Waals surface area contributed by atoms with E-state index in [1.165, 1.54) is 5.56 Å². The number of fused-ring (bicyclic) bond motifs is 1. The second-order valence-electron chi connectivity index (χ2n) is 8.17. The highest BCUT2D eigenvalue weighted by atomic mass is 16.6. The lowest BCUT2D eigenvalue weighted by molar-refractivity contribution is -0.156. The largest absolute Gasteiger partial charge is 0.459 e. The summed E-state index contributed by atoms with van der Waals surface area (Å²) in [6, 6.07) is 14.5. The minimum absolute atomic E-state index is 0.207. The van der Waals surface area contributed by atoms with E-state index in [9.17, 15) is 9.59 Å². The molecular weight excluding hydrogens is 366 g/mol. The molecule has 0 radical (unpaired) electrons. The first-order chi connectivity index (χ1) is 13.7. The predicted octanol–water partition coefficient (Wildman–Crippen LogP) is 3.51. The van der Waals surface area contributed by atoms with Gasteiger partial charge in [0, 0.05) is 24.3 Å². The van der Waals surface area contributed by atoms with Crippen LogP contribution in [-0.4, -0.2) is 35.5 Å². The van der Waals surface area contributed by atoms with Crippen LogP contribution in [0.1, 0.15) is 47.8 Å². The number of nitrogens with zero attached hydrogens (tertiary/aromatic N) is 2. The SMILES string of the molecule is CC(C)(C)OC(=O)CN1CCc2ccc(C(=O)Nc3ccc(C#N)cc3)cc2C1. The van der Waals surface area contributed by atoms with E-state index < -0.39 is 5.60 Å². The molecule has 150 valence electrons. The van der Waals surface area contributed by atoms with Crippen molar-refractivity contribution in [3.63, 3.8) is 0 Å². The van der Waals surface area contributed by atoms with Gasteiger partial charge in [-0.15, -0.1) is 0 Å². The Balaban J connectivity index is 1.66. The van der Waals surface area contributed by atoms with Crippen LogP contribution in [0.15, 0.2) is 42.5 Å². The Hall–Kier alpha value is -3.17. The van der Waals surface area contributed by atoms with Crippen molar-refractivity contribution >= 4 is 17.6 Å². The van der Waals surface area contributed by atoms with E-state index in [0.29, 0.717) is 23.4 Å². The number of anilines is 1. The van der Waals surface area contributed by atoms with Crippen molar-refractivity contribution in [2.45, 2.75) is 39.3 Å². The number of hydrogen-bond donors (Lipinski definition) is 1. The van der Waals surface area contributed by atoms with Crippen LogP contribution in [0.2, 0.25) is 0 Å². The summed E-state index contributed by atoms with van der Waals surface area (Å²) in [4.78, 5) is 26.8. The van der Waals surface area contributed by atoms with Crippen molar-refractivity contribution < 1.29 is 14.3 Å². The molecular formula is C23H25N3O3. The second-order valence-corrected chi connectivity index (χ2v) is 8.17. The molecule has 3 rings (SSSR count). The van der Waals surface area contributed by atoms with Gasteiger partial charge in [-0.25, -0.2) is 0 Å². The summed E-state index contributed by atoms with van der Waals surface area (Å²) in [7, 11) is 0. The first-order valence-electron chi connectivity index (χ1n) is 9.61. The molecule has 1 N–H and O–H groups in total. The van der Waals surface area contributed by atoms with Crippen molar-refractivity contribution in [1.82, 2.24) is 4.90 Å². The van der Waals surface area contributed by atoms with Gasteiger partial charge in [0.2, 0.25) is 0 Å². The Morgan fingerprint density at radius 1 is 1.14 bits per heavy atom. The topological polar surface area (TPSA) is 82.4 Å². The number of hydrogen-bond acceptors (Lipinski definition) is 5. The first kappa shape index (κ1) is 20.6. The van der Waals surface area contributed by atoms with Crippen LogP contribution in [0, 0.1) is 11.3 Å². The molecule has 29 heavy (non-hydrogen) atoms. The first-order valence-corrected chi connectivity index (χ1v) is 9.61. The van der Waals surface area contributed by atoms with Crippen LogP contribution >= 0.6 is 0 Å². The van der Waals surface area contributed by atoms with E-state index in [0.717, 1.165) is 18.5 Å². The molecule has 0 saturated carbocycles. The highest BCUT2D eigenvalue weighted by Gasteiger charge is 2.23. The lowest BCUT2D eigenvalue weighted by Gasteiger charge is -2.29. The van der Waals surface area contributed by atoms with E-state index in [2.05, 4.69) is 11.4 Å². The van der Waals surface area contributed by atoms with Gasteiger partial charge in [-0.3, -0.25) is 14.5 Å². The van der Waals surface area contributed by atoms with Crippen LogP contribution in [0.5, 0.6) is 0 Å². The van der Waals surface area contributed by atoms with Crippen molar-refractivity contribution in [3.8, 4) is 6.07 Å². The molecule has 0 spiro atoms. The van der Waals surface area contributed by atoms with Gasteiger partial charge in [0.05, 0.1) is 18.2 Å². The predicted molar refractivity (Wildman–Crippen MR) is 110 cm³/mol. The van der Waals surface area contributed by atoms with Crippen LogP contribution in [0.3, 0.4) is 0 Å². The monoisotopic (exact) mass is 391 g/mol. The molecule has 0 saturated heterocycles. The fourth-order valence-electron chi connectivity index (χ4n) is 3.28. The van der Waals surface area contributed by atoms with Gasteiger partial charge in [-0.2, -0.15) is 5.26 Å². The van der Waals surface area contributed by atoms with E-state index in [1.54, 1.807) is 24.3 Å². The number of nitriles is 1. The molecule has 0 aromatic heterocycles. The van der Waals surface area contributed by atoms with Crippen LogP contribution in [-0.2, 0) is 22.5 Å². The number of benzene rings is 2. The summed E-state index contributed by atoms with van der Waals surface area (Å²) in [6.45, 7) is 7.19. The minimum Gasteiger partial charge on any atom is -0.459 e. The molecule has 2 aromatic carbocycles. The molecule has 1 heterocycles. The molecule has 0 aliphatic carbocycles. The molecule has 2 aromatic rings. The standard InChI is InChI=1S/C23H25N3O3/c1-23(2,3)29-21(27)15-26-11-10-17-6-7-18(12-19(17)14-26)22(28)25-20-8-4-16(13-24)5-9-20/h4-9,12H,10-11,14-15H2,1-3H3,(H,25,28). The molecule has 0 atom stereocenters. The van der Waals surface area contributed by atoms with Gasteiger partial charge in [-0.1, -0.05) is 6.07 Å². The molecule has 0 fully saturated rings. The van der Waals surface area contributed by atoms with Crippen molar-refractivity contribution in [2.24, 2.45) is 0 Å². The number of esters is 1. The molecule has 1 amide bonds. The molecule has 1 aliphatic heterocycles. The Labute approximate surface area is 171 Å². The molecule has 0 unspecified atom stereocenters. The number of carbonyl (C=O) groups excluding carboxylic acids is 2. The van der Waals surface area contributed by atoms with E-state index in [1.807, 2.05) is 43.9 Å². The molecule has 1 aliphatic rings. The Kier molecular flexibility index (Phi) is 6.00. The van der Waals surface area contributed by atoms with Gasteiger partial charge < -0.3 is 10.1 Å². The minimum atomic E-state index is -0.499. The summed E-state index contributed by atoms with van der Waals surface area (Å²) in [5.74, 6) is -0.447. The average Bonchev–Trinajstić information content (AvgIpc) is 2.66. The Morgan fingerprint density at radius 2 is 1.86 bits per heavy atom. The van der Waals surface area contributed by atoms with Gasteiger partial charge >= 0.3 is 5.97 Å². The summed E-state index contributed by atoms with van der Waals surface area (Å²) >= 11 is 0. The van der Waals surface area contributed by atoms with Gasteiger partial charge in [0.15, 0.2) is 0 Å². The third-order valence-electron chi connectivity index (χ3n) is 4.60. The molecule has 6 heteroatoms. The highest BCUT2D eigenvalue weighted by Crippen LogP contribution is 2.22. The summed E-state index contributed by atoms with van der Waals surface area (Å²) in [6.07, 6.45) is 0.829. The zero-order valence-corrected chi connectivity index (χ0v) is 17.0. The van der Waals surface area contributed by atoms with E-state index in [4.69, 9.17) is 10.00 Å². The van der Waals surface area contributed by atoms with Gasteiger partial charge in [0.25, 0.3) is 5.91 Å². The van der Waals surface area contributed by atoms with Crippen LogP contribution < -0.4 is 5.32 Å². The number of amides is 1. The van der Waals surface area contributed by atoms with Gasteiger partial charge in [0.1, 0.15) is 5.60 Å². The Bertz CT molecular complexity index is 953. The average molecular weight is 391 g/mol. The number of nitrogens with one attached hydrogen (secondary N) is 1. The third-order valence-corrected chi connectivity index (χ3v) is 4.60. The summed E-state index contributed by atoms with van der Waals surface area (Å²) in [5.41, 5.74) is 3.49. The zero-order chi connectivity index (χ0) is 21.0. The van der Waals surface area contributed by atoms with E-state index in [-0.39, 0.29) is 18.4 Å². The Morgan fingerprint density at radius 3 is 2.52 bits per heavy atom. The number of carbonyl (C=O) groups is 2. The maximum atomic E-state index is 12.6. The van der Waals surface area contributed by atoms with Crippen molar-refractivity contribution in [2.75, 3.05) is 18.4 Å². The van der Waals surface area contributed by atoms with E-state index >= 15 is 0 Å². The summed E-state index contributed by atoms with van der Waals surface area (Å²) in [5, 5.41) is 11.7. The smallest absolute Gasteiger partial charge is 0.320 e. The van der Waals surface area contributed by atoms with Crippen molar-refractivity contribution in [3.05, 3.63) is 64.7 Å². The second kappa shape index (κ2) is 8.46.